The number of carbonyl (C=O) groups excluding carboxylic acids is 2. The molecule has 5 nitrogen and oxygen atoms in total. The number of hydrogen-bond acceptors (Lipinski definition) is 4. The molecule has 4 aliphatic rings. The molecule has 6 heteroatoms. The van der Waals surface area contributed by atoms with E-state index >= 15 is 0 Å². The average Bonchev–Trinajstić information content (AvgIpc) is 2.55. The van der Waals surface area contributed by atoms with Crippen molar-refractivity contribution in [2.24, 2.45) is 17.8 Å². The van der Waals surface area contributed by atoms with Gasteiger partial charge in [0.05, 0.1) is 16.3 Å². The third-order valence-electron chi connectivity index (χ3n) is 6.31. The monoisotopic (exact) mass is 376 g/mol. The van der Waals surface area contributed by atoms with Crippen LogP contribution in [0.25, 0.3) is 0 Å². The number of amides is 1. The highest BCUT2D eigenvalue weighted by Gasteiger charge is 2.51. The molecule has 1 amide bonds. The van der Waals surface area contributed by atoms with Crippen LogP contribution in [-0.2, 0) is 9.53 Å². The van der Waals surface area contributed by atoms with Gasteiger partial charge in [-0.05, 0) is 81.4 Å². The Balaban J connectivity index is 1.39. The average molecular weight is 377 g/mol. The number of rotatable bonds is 4. The summed E-state index contributed by atoms with van der Waals surface area (Å²) in [6.45, 7) is 1.62. The zero-order chi connectivity index (χ0) is 18.5. The van der Waals surface area contributed by atoms with Crippen molar-refractivity contribution < 1.29 is 14.3 Å². The van der Waals surface area contributed by atoms with Crippen molar-refractivity contribution in [3.63, 3.8) is 0 Å². The minimum absolute atomic E-state index is 0.0861. The minimum atomic E-state index is -0.840. The Morgan fingerprint density at radius 2 is 1.77 bits per heavy atom. The number of benzene rings is 1. The van der Waals surface area contributed by atoms with Gasteiger partial charge in [0.2, 0.25) is 0 Å². The maximum atomic E-state index is 12.7. The van der Waals surface area contributed by atoms with Gasteiger partial charge in [-0.2, -0.15) is 0 Å². The van der Waals surface area contributed by atoms with Crippen LogP contribution in [0.15, 0.2) is 18.2 Å². The normalized spacial score (nSPS) is 32.9. The lowest BCUT2D eigenvalue weighted by atomic mass is 9.53. The smallest absolute Gasteiger partial charge is 0.338 e. The predicted molar refractivity (Wildman–Crippen MR) is 99.8 cm³/mol. The van der Waals surface area contributed by atoms with Crippen LogP contribution >= 0.6 is 11.6 Å². The second kappa shape index (κ2) is 6.45. The number of ether oxygens (including phenoxy) is 1. The SMILES string of the molecule is C[C@H](OC(=O)c1ccc(Cl)c(N)c1)C(=O)NC12CC3CC(CC(C3)C1)C2. The largest absolute Gasteiger partial charge is 0.449 e. The van der Waals surface area contributed by atoms with Crippen LogP contribution in [0.5, 0.6) is 0 Å². The van der Waals surface area contributed by atoms with Crippen molar-refractivity contribution >= 4 is 29.2 Å². The second-order valence-electron chi connectivity index (χ2n) is 8.47. The zero-order valence-corrected chi connectivity index (χ0v) is 15.7. The lowest BCUT2D eigenvalue weighted by Crippen LogP contribution is -2.61. The Morgan fingerprint density at radius 1 is 1.19 bits per heavy atom. The molecule has 1 atom stereocenters. The summed E-state index contributed by atoms with van der Waals surface area (Å²) in [4.78, 5) is 25.0. The number of nitrogen functional groups attached to an aromatic ring is 1. The molecule has 3 N–H and O–H groups in total. The van der Waals surface area contributed by atoms with Gasteiger partial charge in [-0.25, -0.2) is 4.79 Å². The molecule has 4 aliphatic carbocycles. The first-order chi connectivity index (χ1) is 12.3. The molecule has 0 aromatic heterocycles. The van der Waals surface area contributed by atoms with Crippen LogP contribution in [0.4, 0.5) is 5.69 Å². The van der Waals surface area contributed by atoms with Gasteiger partial charge in [-0.15, -0.1) is 0 Å². The van der Waals surface area contributed by atoms with Crippen LogP contribution < -0.4 is 11.1 Å². The number of nitrogens with two attached hydrogens (primary N) is 1. The lowest BCUT2D eigenvalue weighted by molar-refractivity contribution is -0.134. The summed E-state index contributed by atoms with van der Waals surface area (Å²) in [5.74, 6) is 1.47. The third-order valence-corrected chi connectivity index (χ3v) is 6.66. The van der Waals surface area contributed by atoms with Crippen molar-refractivity contribution in [1.82, 2.24) is 5.32 Å². The van der Waals surface area contributed by atoms with E-state index in [1.807, 2.05) is 0 Å². The maximum absolute atomic E-state index is 12.7. The summed E-state index contributed by atoms with van der Waals surface area (Å²) in [7, 11) is 0. The zero-order valence-electron chi connectivity index (χ0n) is 15.0. The minimum Gasteiger partial charge on any atom is -0.449 e. The molecule has 0 spiro atoms. The van der Waals surface area contributed by atoms with Crippen molar-refractivity contribution in [3.05, 3.63) is 28.8 Å². The fraction of sp³-hybridized carbons (Fsp3) is 0.600. The van der Waals surface area contributed by atoms with Gasteiger partial charge in [0, 0.05) is 5.54 Å². The van der Waals surface area contributed by atoms with Gasteiger partial charge in [-0.1, -0.05) is 11.6 Å². The van der Waals surface area contributed by atoms with Gasteiger partial charge in [0.25, 0.3) is 5.91 Å². The van der Waals surface area contributed by atoms with Gasteiger partial charge in [-0.3, -0.25) is 4.79 Å². The summed E-state index contributed by atoms with van der Waals surface area (Å²) in [5.41, 5.74) is 6.24. The maximum Gasteiger partial charge on any atom is 0.338 e. The molecule has 4 fully saturated rings. The highest BCUT2D eigenvalue weighted by atomic mass is 35.5. The van der Waals surface area contributed by atoms with Gasteiger partial charge in [0.1, 0.15) is 0 Å². The second-order valence-corrected chi connectivity index (χ2v) is 8.88. The van der Waals surface area contributed by atoms with Crippen molar-refractivity contribution in [2.75, 3.05) is 5.73 Å². The molecule has 0 unspecified atom stereocenters. The molecular formula is C20H25ClN2O3. The molecule has 1 aromatic carbocycles. The van der Waals surface area contributed by atoms with Gasteiger partial charge >= 0.3 is 5.97 Å². The first kappa shape index (κ1) is 17.7. The number of carbonyl (C=O) groups is 2. The Morgan fingerprint density at radius 3 is 2.31 bits per heavy atom. The molecule has 140 valence electrons. The predicted octanol–water partition coefficient (Wildman–Crippen LogP) is 3.55. The van der Waals surface area contributed by atoms with Gasteiger partial charge < -0.3 is 15.8 Å². The van der Waals surface area contributed by atoms with E-state index in [-0.39, 0.29) is 11.4 Å². The Hall–Kier alpha value is -1.75. The summed E-state index contributed by atoms with van der Waals surface area (Å²) >= 11 is 5.87. The number of nitrogens with one attached hydrogen (secondary N) is 1. The van der Waals surface area contributed by atoms with E-state index in [1.54, 1.807) is 19.1 Å². The summed E-state index contributed by atoms with van der Waals surface area (Å²) < 4.78 is 5.36. The molecule has 26 heavy (non-hydrogen) atoms. The van der Waals surface area contributed by atoms with E-state index in [9.17, 15) is 9.59 Å². The quantitative estimate of drug-likeness (QED) is 0.622. The molecule has 0 heterocycles. The van der Waals surface area contributed by atoms with E-state index in [0.29, 0.717) is 16.3 Å². The standard InChI is InChI=1S/C20H25ClN2O3/c1-11(26-19(25)15-2-3-16(21)17(22)7-15)18(24)23-20-8-12-4-13(9-20)6-14(5-12)10-20/h2-3,7,11-14H,4-6,8-10,22H2,1H3,(H,23,24)/t11-,12?,13?,14?,20?/m0/s1. The fourth-order valence-corrected chi connectivity index (χ4v) is 5.70. The molecule has 0 aliphatic heterocycles. The van der Waals surface area contributed by atoms with Gasteiger partial charge in [0.15, 0.2) is 6.10 Å². The number of hydrogen-bond donors (Lipinski definition) is 2. The lowest BCUT2D eigenvalue weighted by Gasteiger charge is -2.57. The highest BCUT2D eigenvalue weighted by Crippen LogP contribution is 2.55. The van der Waals surface area contributed by atoms with E-state index < -0.39 is 12.1 Å². The first-order valence-electron chi connectivity index (χ1n) is 9.41. The Labute approximate surface area is 158 Å². The fourth-order valence-electron chi connectivity index (χ4n) is 5.58. The van der Waals surface area contributed by atoms with Crippen molar-refractivity contribution in [3.8, 4) is 0 Å². The summed E-state index contributed by atoms with van der Waals surface area (Å²) in [6.07, 6.45) is 6.32. The molecular weight excluding hydrogens is 352 g/mol. The molecule has 5 rings (SSSR count). The molecule has 4 saturated carbocycles. The van der Waals surface area contributed by atoms with E-state index in [4.69, 9.17) is 22.1 Å². The van der Waals surface area contributed by atoms with E-state index in [1.165, 1.54) is 25.3 Å². The Bertz CT molecular complexity index is 713. The van der Waals surface area contributed by atoms with Crippen LogP contribution in [0.3, 0.4) is 0 Å². The number of halogens is 1. The van der Waals surface area contributed by atoms with Crippen LogP contribution in [-0.4, -0.2) is 23.5 Å². The molecule has 1 aromatic rings. The third kappa shape index (κ3) is 3.29. The van der Waals surface area contributed by atoms with Crippen LogP contribution in [0.2, 0.25) is 5.02 Å². The van der Waals surface area contributed by atoms with Crippen LogP contribution in [0.1, 0.15) is 55.8 Å². The summed E-state index contributed by atoms with van der Waals surface area (Å²) in [5, 5.41) is 3.62. The molecule has 0 radical (unpaired) electrons. The molecule has 4 bridgehead atoms. The summed E-state index contributed by atoms with van der Waals surface area (Å²) in [6, 6.07) is 4.56. The Kier molecular flexibility index (Phi) is 4.38. The topological polar surface area (TPSA) is 81.4 Å². The first-order valence-corrected chi connectivity index (χ1v) is 9.79. The van der Waals surface area contributed by atoms with Crippen molar-refractivity contribution in [2.45, 2.75) is 57.1 Å². The number of esters is 1. The molecule has 0 saturated heterocycles. The highest BCUT2D eigenvalue weighted by molar-refractivity contribution is 6.33. The van der Waals surface area contributed by atoms with E-state index in [0.717, 1.165) is 37.0 Å². The number of anilines is 1. The van der Waals surface area contributed by atoms with Crippen molar-refractivity contribution in [1.29, 1.82) is 0 Å². The van der Waals surface area contributed by atoms with E-state index in [2.05, 4.69) is 5.32 Å². The van der Waals surface area contributed by atoms with Crippen LogP contribution in [0, 0.1) is 17.8 Å².